The molecule has 0 bridgehead atoms. The Morgan fingerprint density at radius 3 is 2.45 bits per heavy atom. The number of benzene rings is 2. The van der Waals surface area contributed by atoms with Crippen molar-refractivity contribution in [3.05, 3.63) is 82.3 Å². The average Bonchev–Trinajstić information content (AvgIpc) is 3.35. The number of anilines is 1. The lowest BCUT2D eigenvalue weighted by atomic mass is 10.0. The Bertz CT molecular complexity index is 1030. The van der Waals surface area contributed by atoms with E-state index in [1.165, 1.54) is 17.0 Å². The topological polar surface area (TPSA) is 44.8 Å². The van der Waals surface area contributed by atoms with E-state index in [2.05, 4.69) is 45.6 Å². The van der Waals surface area contributed by atoms with Gasteiger partial charge < -0.3 is 15.0 Å². The van der Waals surface area contributed by atoms with Crippen LogP contribution in [0.1, 0.15) is 23.4 Å². The summed E-state index contributed by atoms with van der Waals surface area (Å²) in [6.07, 6.45) is 0.239. The van der Waals surface area contributed by atoms with Crippen LogP contribution in [0, 0.1) is 5.82 Å². The molecule has 3 aromatic rings. The van der Waals surface area contributed by atoms with E-state index in [9.17, 15) is 9.18 Å². The number of halogens is 1. The zero-order valence-corrected chi connectivity index (χ0v) is 19.9. The highest BCUT2D eigenvalue weighted by molar-refractivity contribution is 7.10. The largest absolute Gasteiger partial charge is 0.495 e. The Hall–Kier alpha value is -2.90. The number of hydrogen-bond acceptors (Lipinski definition) is 5. The molecule has 7 heteroatoms. The quantitative estimate of drug-likeness (QED) is 0.530. The normalized spacial score (nSPS) is 16.3. The predicted octanol–water partition coefficient (Wildman–Crippen LogP) is 4.51. The highest BCUT2D eigenvalue weighted by Gasteiger charge is 2.31. The van der Waals surface area contributed by atoms with Crippen LogP contribution in [-0.4, -0.2) is 50.1 Å². The zero-order chi connectivity index (χ0) is 23.2. The highest BCUT2D eigenvalue weighted by atomic mass is 32.1. The Morgan fingerprint density at radius 1 is 1.06 bits per heavy atom. The maximum absolute atomic E-state index is 13.2. The summed E-state index contributed by atoms with van der Waals surface area (Å²) in [5.41, 5.74) is 1.92. The maximum atomic E-state index is 13.2. The van der Waals surface area contributed by atoms with Gasteiger partial charge in [-0.3, -0.25) is 9.69 Å². The lowest BCUT2D eigenvalue weighted by molar-refractivity contribution is -0.121. The molecule has 0 unspecified atom stereocenters. The van der Waals surface area contributed by atoms with E-state index in [0.29, 0.717) is 0 Å². The highest BCUT2D eigenvalue weighted by Crippen LogP contribution is 2.32. The third kappa shape index (κ3) is 5.72. The van der Waals surface area contributed by atoms with Crippen molar-refractivity contribution < 1.29 is 13.9 Å². The van der Waals surface area contributed by atoms with E-state index in [1.807, 2.05) is 18.2 Å². The summed E-state index contributed by atoms with van der Waals surface area (Å²) in [6.45, 7) is 5.62. The molecule has 1 aromatic heterocycles. The molecule has 1 N–H and O–H groups in total. The number of piperazine rings is 1. The monoisotopic (exact) mass is 467 g/mol. The molecule has 33 heavy (non-hydrogen) atoms. The molecule has 1 fully saturated rings. The lowest BCUT2D eigenvalue weighted by Crippen LogP contribution is -2.52. The number of methoxy groups -OCH3 is 1. The van der Waals surface area contributed by atoms with E-state index < -0.39 is 0 Å². The number of carbonyl (C=O) groups excluding carboxylic acids is 1. The first kappa shape index (κ1) is 23.3. The average molecular weight is 468 g/mol. The number of para-hydroxylation sites is 2. The van der Waals surface area contributed by atoms with Crippen molar-refractivity contribution in [2.24, 2.45) is 0 Å². The fourth-order valence-corrected chi connectivity index (χ4v) is 5.47. The van der Waals surface area contributed by atoms with Gasteiger partial charge in [0, 0.05) is 37.1 Å². The molecule has 1 aliphatic heterocycles. The molecule has 2 atom stereocenters. The van der Waals surface area contributed by atoms with Crippen molar-refractivity contribution in [1.29, 1.82) is 0 Å². The number of nitrogens with one attached hydrogen (secondary N) is 1. The van der Waals surface area contributed by atoms with Crippen LogP contribution in [0.15, 0.2) is 66.0 Å². The molecule has 1 amide bonds. The molecule has 2 heterocycles. The van der Waals surface area contributed by atoms with Crippen LogP contribution in [0.2, 0.25) is 0 Å². The minimum absolute atomic E-state index is 0.0525. The van der Waals surface area contributed by atoms with Gasteiger partial charge in [-0.1, -0.05) is 30.3 Å². The number of hydrogen-bond donors (Lipinski definition) is 1. The summed E-state index contributed by atoms with van der Waals surface area (Å²) in [5, 5.41) is 5.27. The molecule has 0 aliphatic carbocycles. The van der Waals surface area contributed by atoms with E-state index in [-0.39, 0.29) is 30.2 Å². The Labute approximate surface area is 198 Å². The third-order valence-corrected chi connectivity index (χ3v) is 7.05. The molecule has 174 valence electrons. The molecule has 1 aliphatic rings. The molecule has 5 nitrogen and oxygen atoms in total. The fourth-order valence-electron chi connectivity index (χ4n) is 4.51. The first-order valence-electron chi connectivity index (χ1n) is 11.2. The second-order valence-corrected chi connectivity index (χ2v) is 9.29. The first-order valence-corrected chi connectivity index (χ1v) is 12.1. The maximum Gasteiger partial charge on any atom is 0.224 e. The predicted molar refractivity (Wildman–Crippen MR) is 132 cm³/mol. The molecule has 0 spiro atoms. The van der Waals surface area contributed by atoms with Crippen LogP contribution < -0.4 is 15.0 Å². The number of nitrogens with zero attached hydrogens (tertiary/aromatic N) is 2. The van der Waals surface area contributed by atoms with Crippen LogP contribution in [0.5, 0.6) is 5.75 Å². The van der Waals surface area contributed by atoms with Crippen LogP contribution in [0.4, 0.5) is 10.1 Å². The standard InChI is InChI=1S/C26H30FN3O2S/c1-19(28-25(31)18-20-9-11-21(27)12-10-20)26(24-8-5-17-33-24)30-15-13-29(14-16-30)22-6-3-4-7-23(22)32-2/h3-12,17,19,26H,13-16,18H2,1-2H3,(H,28,31)/t19-,26+/m1/s1. The summed E-state index contributed by atoms with van der Waals surface area (Å²) >= 11 is 1.72. The zero-order valence-electron chi connectivity index (χ0n) is 19.0. The van der Waals surface area contributed by atoms with Crippen molar-refractivity contribution >= 4 is 22.9 Å². The van der Waals surface area contributed by atoms with Crippen LogP contribution in [-0.2, 0) is 11.2 Å². The van der Waals surface area contributed by atoms with Crippen molar-refractivity contribution in [3.8, 4) is 5.75 Å². The molecule has 0 radical (unpaired) electrons. The van der Waals surface area contributed by atoms with Crippen LogP contribution in [0.25, 0.3) is 0 Å². The van der Waals surface area contributed by atoms with E-state index in [1.54, 1.807) is 30.6 Å². The van der Waals surface area contributed by atoms with Gasteiger partial charge in [0.25, 0.3) is 0 Å². The molecule has 4 rings (SSSR count). The van der Waals surface area contributed by atoms with Gasteiger partial charge in [0.1, 0.15) is 11.6 Å². The fraction of sp³-hybridized carbons (Fsp3) is 0.346. The molecular weight excluding hydrogens is 437 g/mol. The number of ether oxygens (including phenoxy) is 1. The molecule has 2 aromatic carbocycles. The summed E-state index contributed by atoms with van der Waals surface area (Å²) in [7, 11) is 1.71. The number of amides is 1. The van der Waals surface area contributed by atoms with Crippen LogP contribution in [0.3, 0.4) is 0 Å². The van der Waals surface area contributed by atoms with Gasteiger partial charge in [-0.05, 0) is 48.2 Å². The minimum Gasteiger partial charge on any atom is -0.495 e. The smallest absolute Gasteiger partial charge is 0.224 e. The second kappa shape index (κ2) is 10.8. The third-order valence-electron chi connectivity index (χ3n) is 6.11. The van der Waals surface area contributed by atoms with E-state index in [4.69, 9.17) is 4.74 Å². The summed E-state index contributed by atoms with van der Waals surface area (Å²) in [6, 6.07) is 18.5. The van der Waals surface area contributed by atoms with Gasteiger partial charge in [0.2, 0.25) is 5.91 Å². The van der Waals surface area contributed by atoms with Gasteiger partial charge in [-0.25, -0.2) is 4.39 Å². The number of carbonyl (C=O) groups is 1. The molecule has 1 saturated heterocycles. The SMILES string of the molecule is COc1ccccc1N1CCN([C@H](c2cccs2)[C@@H](C)NC(=O)Cc2ccc(F)cc2)CC1. The van der Waals surface area contributed by atoms with Crippen molar-refractivity contribution in [2.75, 3.05) is 38.2 Å². The van der Waals surface area contributed by atoms with Gasteiger partial charge in [-0.15, -0.1) is 11.3 Å². The number of thiophene rings is 1. The van der Waals surface area contributed by atoms with Crippen molar-refractivity contribution in [3.63, 3.8) is 0 Å². The van der Waals surface area contributed by atoms with E-state index in [0.717, 1.165) is 43.2 Å². The minimum atomic E-state index is -0.294. The van der Waals surface area contributed by atoms with Crippen molar-refractivity contribution in [1.82, 2.24) is 10.2 Å². The van der Waals surface area contributed by atoms with Gasteiger partial charge >= 0.3 is 0 Å². The Balaban J connectivity index is 1.42. The van der Waals surface area contributed by atoms with Crippen molar-refractivity contribution in [2.45, 2.75) is 25.4 Å². The van der Waals surface area contributed by atoms with Crippen LogP contribution >= 0.6 is 11.3 Å². The summed E-state index contributed by atoms with van der Waals surface area (Å²) in [5.74, 6) is 0.544. The lowest BCUT2D eigenvalue weighted by Gasteiger charge is -2.42. The Morgan fingerprint density at radius 2 is 1.79 bits per heavy atom. The molecule has 0 saturated carbocycles. The Kier molecular flexibility index (Phi) is 7.62. The van der Waals surface area contributed by atoms with E-state index >= 15 is 0 Å². The van der Waals surface area contributed by atoms with Gasteiger partial charge in [-0.2, -0.15) is 0 Å². The summed E-state index contributed by atoms with van der Waals surface area (Å²) in [4.78, 5) is 18.8. The molecular formula is C26H30FN3O2S. The van der Waals surface area contributed by atoms with Gasteiger partial charge in [0.05, 0.1) is 25.3 Å². The number of rotatable bonds is 8. The second-order valence-electron chi connectivity index (χ2n) is 8.31. The summed E-state index contributed by atoms with van der Waals surface area (Å²) < 4.78 is 18.7. The first-order chi connectivity index (χ1) is 16.0. The van der Waals surface area contributed by atoms with Gasteiger partial charge in [0.15, 0.2) is 0 Å².